The van der Waals surface area contributed by atoms with Gasteiger partial charge >= 0.3 is 0 Å². The van der Waals surface area contributed by atoms with Crippen molar-refractivity contribution in [3.05, 3.63) is 135 Å². The van der Waals surface area contributed by atoms with Crippen LogP contribution in [0, 0.1) is 102 Å². The van der Waals surface area contributed by atoms with E-state index >= 15 is 0 Å². The molecule has 11 heteroatoms. The van der Waals surface area contributed by atoms with Gasteiger partial charge < -0.3 is 5.32 Å². The van der Waals surface area contributed by atoms with Gasteiger partial charge in [-0.1, -0.05) is 82.2 Å². The van der Waals surface area contributed by atoms with Gasteiger partial charge in [-0.2, -0.15) is 47.4 Å². The second-order valence-electron chi connectivity index (χ2n) is 15.6. The van der Waals surface area contributed by atoms with E-state index < -0.39 is 0 Å². The fraction of sp³-hybridized carbons (Fsp3) is 0.182. The Morgan fingerprint density at radius 2 is 0.833 bits per heavy atom. The molecular weight excluding hydrogens is 833 g/mol. The number of nitrogens with zero attached hydrogens (tertiary/aromatic N) is 9. The number of fused-ring (bicyclic) bond motifs is 3. The van der Waals surface area contributed by atoms with Gasteiger partial charge in [-0.25, -0.2) is 0 Å². The van der Waals surface area contributed by atoms with E-state index in [1.807, 2.05) is 66.7 Å². The highest BCUT2D eigenvalue weighted by Gasteiger charge is 2.34. The number of thiophene rings is 1. The lowest BCUT2D eigenvalue weighted by atomic mass is 9.75. The molecule has 0 aliphatic rings. The van der Waals surface area contributed by atoms with Crippen molar-refractivity contribution in [1.82, 2.24) is 0 Å². The van der Waals surface area contributed by atoms with Crippen LogP contribution in [0.1, 0.15) is 108 Å². The van der Waals surface area contributed by atoms with Gasteiger partial charge in [-0.3, -0.25) is 0 Å². The summed E-state index contributed by atoms with van der Waals surface area (Å²) in [6.07, 6.45) is 9.51. The maximum absolute atomic E-state index is 11.0. The molecule has 0 fully saturated rings. The average molecular weight is 869 g/mol. The summed E-state index contributed by atoms with van der Waals surface area (Å²) >= 11 is 1.41. The van der Waals surface area contributed by atoms with Crippen molar-refractivity contribution >= 4 is 37.2 Å². The van der Waals surface area contributed by atoms with Gasteiger partial charge in [0.25, 0.3) is 0 Å². The van der Waals surface area contributed by atoms with Crippen LogP contribution in [0.3, 0.4) is 0 Å². The van der Waals surface area contributed by atoms with Crippen molar-refractivity contribution in [2.24, 2.45) is 0 Å². The molecule has 0 bridgehead atoms. The van der Waals surface area contributed by atoms with Crippen molar-refractivity contribution in [1.29, 1.82) is 47.4 Å². The van der Waals surface area contributed by atoms with E-state index in [2.05, 4.69) is 48.7 Å². The van der Waals surface area contributed by atoms with Gasteiger partial charge in [-0.05, 0) is 66.6 Å². The van der Waals surface area contributed by atoms with Crippen LogP contribution >= 0.6 is 11.3 Å². The topological polar surface area (TPSA) is 226 Å². The van der Waals surface area contributed by atoms with Crippen molar-refractivity contribution in [3.63, 3.8) is 0 Å². The third kappa shape index (κ3) is 8.46. The molecule has 7 rings (SSSR count). The Morgan fingerprint density at radius 1 is 0.424 bits per heavy atom. The maximum Gasteiger partial charge on any atom is 0.0999 e. The van der Waals surface area contributed by atoms with Crippen molar-refractivity contribution in [3.8, 4) is 99.1 Å². The third-order valence-electron chi connectivity index (χ3n) is 11.6. The summed E-state index contributed by atoms with van der Waals surface area (Å²) in [5, 5.41) is 100. The molecule has 1 heterocycles. The largest absolute Gasteiger partial charge is 0.385 e. The highest BCUT2D eigenvalue weighted by molar-refractivity contribution is 7.26. The first kappa shape index (κ1) is 44.8. The lowest BCUT2D eigenvalue weighted by molar-refractivity contribution is 0.581. The Bertz CT molecular complexity index is 3390. The normalized spacial score (nSPS) is 10.3. The molecule has 6 aromatic carbocycles. The minimum absolute atomic E-state index is 0.0231. The molecular formula is C55H36N10S. The van der Waals surface area contributed by atoms with Crippen LogP contribution in [0.15, 0.2) is 84.9 Å². The summed E-state index contributed by atoms with van der Waals surface area (Å²) in [7, 11) is 0. The summed E-state index contributed by atoms with van der Waals surface area (Å²) < 4.78 is 1.43. The lowest BCUT2D eigenvalue weighted by Gasteiger charge is -2.26. The number of benzene rings is 6. The summed E-state index contributed by atoms with van der Waals surface area (Å²) in [5.41, 5.74) is 2.49. The number of nitriles is 9. The van der Waals surface area contributed by atoms with Gasteiger partial charge in [0, 0.05) is 71.3 Å². The second-order valence-corrected chi connectivity index (χ2v) is 16.7. The Balaban J connectivity index is 1.68. The molecule has 0 atom stereocenters. The number of nitrogens with one attached hydrogen (secondary N) is 1. The fourth-order valence-electron chi connectivity index (χ4n) is 8.69. The molecule has 0 aliphatic carbocycles. The van der Waals surface area contributed by atoms with E-state index in [0.717, 1.165) is 29.8 Å². The van der Waals surface area contributed by atoms with Gasteiger partial charge in [0.1, 0.15) is 0 Å². The number of rotatable bonds is 14. The van der Waals surface area contributed by atoms with E-state index in [-0.39, 0.29) is 83.5 Å². The molecule has 7 aromatic rings. The first-order chi connectivity index (χ1) is 32.3. The zero-order chi connectivity index (χ0) is 46.7. The number of anilines is 1. The molecule has 0 radical (unpaired) electrons. The van der Waals surface area contributed by atoms with E-state index in [0.29, 0.717) is 26.6 Å². The molecule has 0 unspecified atom stereocenters. The first-order valence-electron chi connectivity index (χ1n) is 21.3. The zero-order valence-corrected chi connectivity index (χ0v) is 36.7. The Hall–Kier alpha value is -9.25. The summed E-state index contributed by atoms with van der Waals surface area (Å²) in [4.78, 5) is 0. The monoisotopic (exact) mass is 868 g/mol. The average Bonchev–Trinajstić information content (AvgIpc) is 3.75. The number of hydrogen-bond donors (Lipinski definition) is 1. The second kappa shape index (κ2) is 20.3. The molecule has 66 heavy (non-hydrogen) atoms. The molecule has 0 saturated heterocycles. The van der Waals surface area contributed by atoms with Gasteiger partial charge in [0.2, 0.25) is 0 Å². The van der Waals surface area contributed by atoms with E-state index in [4.69, 9.17) is 0 Å². The van der Waals surface area contributed by atoms with Gasteiger partial charge in [0.05, 0.1) is 105 Å². The van der Waals surface area contributed by atoms with Gasteiger partial charge in [-0.15, -0.1) is 11.3 Å². The number of hydrogen-bond acceptors (Lipinski definition) is 11. The quantitative estimate of drug-likeness (QED) is 0.102. The predicted octanol–water partition coefficient (Wildman–Crippen LogP) is 13.1. The third-order valence-corrected chi connectivity index (χ3v) is 12.8. The highest BCUT2D eigenvalue weighted by atomic mass is 32.1. The van der Waals surface area contributed by atoms with Crippen LogP contribution in [0.2, 0.25) is 0 Å². The van der Waals surface area contributed by atoms with E-state index in [1.54, 1.807) is 0 Å². The molecule has 0 saturated carbocycles. The van der Waals surface area contributed by atoms with E-state index in [9.17, 15) is 47.4 Å². The van der Waals surface area contributed by atoms with Gasteiger partial charge in [0.15, 0.2) is 0 Å². The van der Waals surface area contributed by atoms with Crippen LogP contribution in [0.25, 0.3) is 64.7 Å². The fourth-order valence-corrected chi connectivity index (χ4v) is 9.97. The minimum atomic E-state index is -0.102. The lowest BCUT2D eigenvalue weighted by Crippen LogP contribution is -2.05. The molecule has 0 spiro atoms. The molecule has 0 amide bonds. The highest BCUT2D eigenvalue weighted by Crippen LogP contribution is 2.57. The molecule has 1 N–H and O–H groups in total. The van der Waals surface area contributed by atoms with E-state index in [1.165, 1.54) is 86.3 Å². The van der Waals surface area contributed by atoms with Crippen molar-refractivity contribution in [2.45, 2.75) is 58.3 Å². The van der Waals surface area contributed by atoms with Crippen LogP contribution in [0.4, 0.5) is 5.69 Å². The van der Waals surface area contributed by atoms with Crippen LogP contribution in [0.5, 0.6) is 0 Å². The number of unbranched alkanes of at least 4 members (excludes halogenated alkanes) is 7. The van der Waals surface area contributed by atoms with Crippen LogP contribution in [-0.4, -0.2) is 6.54 Å². The van der Waals surface area contributed by atoms with Crippen molar-refractivity contribution < 1.29 is 0 Å². The molecule has 1 aromatic heterocycles. The Morgan fingerprint density at radius 3 is 1.27 bits per heavy atom. The van der Waals surface area contributed by atoms with Crippen LogP contribution < -0.4 is 5.32 Å². The zero-order valence-electron chi connectivity index (χ0n) is 35.9. The minimum Gasteiger partial charge on any atom is -0.385 e. The maximum atomic E-state index is 11.0. The SMILES string of the molecule is CCCCCCCCCCNc1ccc(-c2c(-c3c(C#N)cc(C#N)cc3C#N)c(-c3c(C#N)cc(C#N)cc3C#N)c(-c3c(C#N)cc(C#N)cc3C#N)c3c2sc2ccccc23)cc1. The summed E-state index contributed by atoms with van der Waals surface area (Å²) in [6, 6.07) is 42.7. The molecule has 312 valence electrons. The molecule has 10 nitrogen and oxygen atoms in total. The molecule has 0 aliphatic heterocycles. The van der Waals surface area contributed by atoms with Crippen LogP contribution in [-0.2, 0) is 0 Å². The first-order valence-corrected chi connectivity index (χ1v) is 22.2. The van der Waals surface area contributed by atoms with Crippen molar-refractivity contribution in [2.75, 3.05) is 11.9 Å². The summed E-state index contributed by atoms with van der Waals surface area (Å²) in [5.74, 6) is 0. The standard InChI is InChI=1S/C55H36N10S/c1-2-3-4-5-6-7-8-11-18-65-44-16-14-37(15-17-44)50-52(47-38(28-59)19-34(25-56)20-39(47)29-60)54(49-42(32-63)23-36(27-58)24-43(49)33-64)53(51-45-12-9-10-13-46(45)66-55(50)51)48-40(30-61)21-35(26-57)22-41(48)31-62/h9-10,12-17,19-24,65H,2-8,11,18H2,1H3. The Labute approximate surface area is 387 Å². The predicted molar refractivity (Wildman–Crippen MR) is 255 cm³/mol. The Kier molecular flexibility index (Phi) is 13.8. The smallest absolute Gasteiger partial charge is 0.0999 e. The summed E-state index contributed by atoms with van der Waals surface area (Å²) in [6.45, 7) is 2.98.